The van der Waals surface area contributed by atoms with Crippen LogP contribution in [0.5, 0.6) is 0 Å². The van der Waals surface area contributed by atoms with Crippen molar-refractivity contribution in [3.63, 3.8) is 0 Å². The lowest BCUT2D eigenvalue weighted by Gasteiger charge is -2.09. The summed E-state index contributed by atoms with van der Waals surface area (Å²) in [6, 6.07) is 4.01. The minimum absolute atomic E-state index is 0.169. The van der Waals surface area contributed by atoms with Gasteiger partial charge < -0.3 is 10.6 Å². The molecule has 0 spiro atoms. The summed E-state index contributed by atoms with van der Waals surface area (Å²) in [6.07, 6.45) is 3.71. The van der Waals surface area contributed by atoms with Gasteiger partial charge in [0.1, 0.15) is 0 Å². The number of hydrogen-bond donors (Lipinski definition) is 2. The fraction of sp³-hybridized carbons (Fsp3) is 0.429. The van der Waals surface area contributed by atoms with Gasteiger partial charge in [-0.2, -0.15) is 15.0 Å². The van der Waals surface area contributed by atoms with Gasteiger partial charge in [-0.15, -0.1) is 0 Å². The van der Waals surface area contributed by atoms with Crippen LogP contribution in [0, 0.1) is 0 Å². The van der Waals surface area contributed by atoms with E-state index in [-0.39, 0.29) is 5.28 Å². The number of pyridine rings is 1. The lowest BCUT2D eigenvalue weighted by Crippen LogP contribution is -2.11. The van der Waals surface area contributed by atoms with Gasteiger partial charge in [0.15, 0.2) is 0 Å². The predicted molar refractivity (Wildman–Crippen MR) is 84.6 cm³/mol. The summed E-state index contributed by atoms with van der Waals surface area (Å²) in [5.74, 6) is 0.928. The highest BCUT2D eigenvalue weighted by Gasteiger charge is 2.06. The van der Waals surface area contributed by atoms with E-state index in [2.05, 4.69) is 50.5 Å². The number of nitrogens with one attached hydrogen (secondary N) is 2. The Hall–Kier alpha value is -1.95. The summed E-state index contributed by atoms with van der Waals surface area (Å²) >= 11 is 5.91. The van der Waals surface area contributed by atoms with Crippen molar-refractivity contribution in [1.82, 2.24) is 19.9 Å². The van der Waals surface area contributed by atoms with Crippen molar-refractivity contribution in [1.29, 1.82) is 0 Å². The van der Waals surface area contributed by atoms with E-state index in [4.69, 9.17) is 11.6 Å². The quantitative estimate of drug-likeness (QED) is 0.819. The highest BCUT2D eigenvalue weighted by molar-refractivity contribution is 6.28. The highest BCUT2D eigenvalue weighted by atomic mass is 35.5. The third kappa shape index (κ3) is 4.53. The zero-order valence-electron chi connectivity index (χ0n) is 12.2. The van der Waals surface area contributed by atoms with Crippen LogP contribution in [0.2, 0.25) is 5.28 Å². The van der Waals surface area contributed by atoms with E-state index < -0.39 is 0 Å². The summed E-state index contributed by atoms with van der Waals surface area (Å²) in [5.41, 5.74) is 2.19. The molecular weight excluding hydrogens is 288 g/mol. The van der Waals surface area contributed by atoms with Crippen LogP contribution in [-0.2, 0) is 13.0 Å². The topological polar surface area (TPSA) is 75.6 Å². The molecule has 21 heavy (non-hydrogen) atoms. The summed E-state index contributed by atoms with van der Waals surface area (Å²) in [6.45, 7) is 5.52. The van der Waals surface area contributed by atoms with Crippen LogP contribution in [0.1, 0.15) is 31.5 Å². The van der Waals surface area contributed by atoms with Crippen LogP contribution in [0.3, 0.4) is 0 Å². The van der Waals surface area contributed by atoms with E-state index >= 15 is 0 Å². The van der Waals surface area contributed by atoms with E-state index in [1.165, 1.54) is 5.56 Å². The number of aryl methyl sites for hydroxylation is 1. The van der Waals surface area contributed by atoms with Crippen LogP contribution in [-0.4, -0.2) is 26.5 Å². The standard InChI is InChI=1S/C14H19ClN6/c1-3-7-17-13-19-12(15)20-14(21-13)18-9-11-10(4-2)6-5-8-16-11/h5-6,8H,3-4,7,9H2,1-2H3,(H2,17,18,19,20,21). The molecule has 0 radical (unpaired) electrons. The van der Waals surface area contributed by atoms with Crippen molar-refractivity contribution in [2.45, 2.75) is 33.2 Å². The smallest absolute Gasteiger partial charge is 0.229 e. The molecule has 0 unspecified atom stereocenters. The molecule has 2 rings (SSSR count). The number of anilines is 2. The van der Waals surface area contributed by atoms with E-state index in [0.29, 0.717) is 18.4 Å². The summed E-state index contributed by atoms with van der Waals surface area (Å²) in [5, 5.41) is 6.41. The Morgan fingerprint density at radius 1 is 1.10 bits per heavy atom. The molecule has 7 heteroatoms. The van der Waals surface area contributed by atoms with Crippen molar-refractivity contribution in [2.75, 3.05) is 17.2 Å². The molecule has 0 aliphatic rings. The maximum absolute atomic E-state index is 5.91. The Kier molecular flexibility index (Phi) is 5.68. The molecule has 0 fully saturated rings. The Balaban J connectivity index is 2.07. The van der Waals surface area contributed by atoms with E-state index in [0.717, 1.165) is 25.1 Å². The van der Waals surface area contributed by atoms with Crippen molar-refractivity contribution >= 4 is 23.5 Å². The molecule has 0 saturated carbocycles. The van der Waals surface area contributed by atoms with Crippen LogP contribution < -0.4 is 10.6 Å². The molecule has 0 aliphatic carbocycles. The first-order valence-corrected chi connectivity index (χ1v) is 7.42. The Bertz CT molecular complexity index is 589. The lowest BCUT2D eigenvalue weighted by atomic mass is 10.1. The minimum atomic E-state index is 0.169. The summed E-state index contributed by atoms with van der Waals surface area (Å²) in [7, 11) is 0. The van der Waals surface area contributed by atoms with Gasteiger partial charge in [-0.3, -0.25) is 4.98 Å². The first kappa shape index (κ1) is 15.4. The van der Waals surface area contributed by atoms with Crippen molar-refractivity contribution in [3.8, 4) is 0 Å². The molecule has 0 bridgehead atoms. The number of halogens is 1. The summed E-state index contributed by atoms with van der Waals surface area (Å²) in [4.78, 5) is 16.8. The van der Waals surface area contributed by atoms with E-state index in [1.807, 2.05) is 6.07 Å². The molecule has 0 aromatic carbocycles. The van der Waals surface area contributed by atoms with Gasteiger partial charge in [-0.05, 0) is 36.1 Å². The van der Waals surface area contributed by atoms with Gasteiger partial charge >= 0.3 is 0 Å². The van der Waals surface area contributed by atoms with E-state index in [1.54, 1.807) is 6.20 Å². The Morgan fingerprint density at radius 3 is 2.57 bits per heavy atom. The molecule has 2 heterocycles. The first-order chi connectivity index (χ1) is 10.2. The molecule has 2 N–H and O–H groups in total. The van der Waals surface area contributed by atoms with Gasteiger partial charge in [-0.25, -0.2) is 0 Å². The van der Waals surface area contributed by atoms with Crippen LogP contribution >= 0.6 is 11.6 Å². The monoisotopic (exact) mass is 306 g/mol. The number of nitrogens with zero attached hydrogens (tertiary/aromatic N) is 4. The first-order valence-electron chi connectivity index (χ1n) is 7.05. The third-order valence-corrected chi connectivity index (χ3v) is 3.09. The predicted octanol–water partition coefficient (Wildman–Crippen LogP) is 2.92. The minimum Gasteiger partial charge on any atom is -0.354 e. The number of rotatable bonds is 7. The van der Waals surface area contributed by atoms with Crippen molar-refractivity contribution in [2.24, 2.45) is 0 Å². The molecule has 6 nitrogen and oxygen atoms in total. The Morgan fingerprint density at radius 2 is 1.86 bits per heavy atom. The van der Waals surface area contributed by atoms with Crippen molar-refractivity contribution < 1.29 is 0 Å². The van der Waals surface area contributed by atoms with E-state index in [9.17, 15) is 0 Å². The largest absolute Gasteiger partial charge is 0.354 e. The molecule has 2 aromatic rings. The zero-order chi connectivity index (χ0) is 15.1. The number of hydrogen-bond acceptors (Lipinski definition) is 6. The second-order valence-electron chi connectivity index (χ2n) is 4.49. The van der Waals surface area contributed by atoms with Crippen LogP contribution in [0.4, 0.5) is 11.9 Å². The molecule has 2 aromatic heterocycles. The normalized spacial score (nSPS) is 10.4. The van der Waals surface area contributed by atoms with Crippen LogP contribution in [0.15, 0.2) is 18.3 Å². The van der Waals surface area contributed by atoms with Gasteiger partial charge in [0, 0.05) is 12.7 Å². The van der Waals surface area contributed by atoms with Gasteiger partial charge in [-0.1, -0.05) is 19.9 Å². The second-order valence-corrected chi connectivity index (χ2v) is 4.83. The zero-order valence-corrected chi connectivity index (χ0v) is 13.0. The average molecular weight is 307 g/mol. The SMILES string of the molecule is CCCNc1nc(Cl)nc(NCc2ncccc2CC)n1. The van der Waals surface area contributed by atoms with Gasteiger partial charge in [0.25, 0.3) is 0 Å². The molecule has 0 amide bonds. The van der Waals surface area contributed by atoms with Gasteiger partial charge in [0.05, 0.1) is 12.2 Å². The van der Waals surface area contributed by atoms with Crippen molar-refractivity contribution in [3.05, 3.63) is 34.9 Å². The fourth-order valence-electron chi connectivity index (χ4n) is 1.86. The third-order valence-electron chi connectivity index (χ3n) is 2.92. The molecular formula is C14H19ClN6. The fourth-order valence-corrected chi connectivity index (χ4v) is 2.02. The highest BCUT2D eigenvalue weighted by Crippen LogP contribution is 2.12. The lowest BCUT2D eigenvalue weighted by molar-refractivity contribution is 0.919. The molecule has 0 atom stereocenters. The van der Waals surface area contributed by atoms with Crippen LogP contribution in [0.25, 0.3) is 0 Å². The second kappa shape index (κ2) is 7.73. The average Bonchev–Trinajstić information content (AvgIpc) is 2.50. The molecule has 112 valence electrons. The Labute approximate surface area is 129 Å². The number of aromatic nitrogens is 4. The maximum atomic E-state index is 5.91. The summed E-state index contributed by atoms with van der Waals surface area (Å²) < 4.78 is 0. The molecule has 0 saturated heterocycles. The molecule has 0 aliphatic heterocycles. The maximum Gasteiger partial charge on any atom is 0.229 e. The van der Waals surface area contributed by atoms with Gasteiger partial charge in [0.2, 0.25) is 17.2 Å².